The van der Waals surface area contributed by atoms with Crippen LogP contribution in [0.5, 0.6) is 17.4 Å². The van der Waals surface area contributed by atoms with Gasteiger partial charge in [0.25, 0.3) is 0 Å². The summed E-state index contributed by atoms with van der Waals surface area (Å²) in [6.07, 6.45) is 3.00. The number of rotatable bonds is 9. The third kappa shape index (κ3) is 5.43. The molecule has 1 aliphatic rings. The van der Waals surface area contributed by atoms with Crippen molar-refractivity contribution >= 4 is 28.3 Å². The minimum absolute atomic E-state index is 0.0687. The number of carboxylic acid groups (broad SMARTS) is 1. The van der Waals surface area contributed by atoms with Crippen molar-refractivity contribution in [2.24, 2.45) is 10.9 Å². The SMILES string of the molecule is CCC(=Nc1ccc(CCN2CCC(C(=O)O)CC2)cc1)c1c(O)[nH]c2cc(OC)c(OC)cc12. The number of methoxy groups -OCH3 is 2. The maximum atomic E-state index is 11.1. The molecular formula is C27H33N3O5. The number of aromatic amines is 1. The second kappa shape index (κ2) is 10.8. The predicted molar refractivity (Wildman–Crippen MR) is 137 cm³/mol. The number of carboxylic acids is 1. The highest BCUT2D eigenvalue weighted by Crippen LogP contribution is 2.37. The molecule has 1 aromatic heterocycles. The van der Waals surface area contributed by atoms with E-state index in [1.54, 1.807) is 14.2 Å². The molecule has 0 aliphatic carbocycles. The second-order valence-corrected chi connectivity index (χ2v) is 8.88. The quantitative estimate of drug-likeness (QED) is 0.382. The molecule has 2 heterocycles. The predicted octanol–water partition coefficient (Wildman–Crippen LogP) is 4.76. The summed E-state index contributed by atoms with van der Waals surface area (Å²) in [7, 11) is 3.17. The molecule has 1 fully saturated rings. The summed E-state index contributed by atoms with van der Waals surface area (Å²) in [6, 6.07) is 11.8. The normalized spacial score (nSPS) is 15.5. The van der Waals surface area contributed by atoms with Crippen LogP contribution < -0.4 is 9.47 Å². The largest absolute Gasteiger partial charge is 0.494 e. The number of hydrogen-bond acceptors (Lipinski definition) is 6. The zero-order chi connectivity index (χ0) is 24.9. The lowest BCUT2D eigenvalue weighted by atomic mass is 9.97. The van der Waals surface area contributed by atoms with Crippen molar-refractivity contribution in [1.29, 1.82) is 0 Å². The number of aliphatic carboxylic acids is 1. The van der Waals surface area contributed by atoms with E-state index >= 15 is 0 Å². The summed E-state index contributed by atoms with van der Waals surface area (Å²) in [5.74, 6) is 0.374. The van der Waals surface area contributed by atoms with E-state index in [2.05, 4.69) is 22.0 Å². The molecule has 0 atom stereocenters. The number of nitrogens with one attached hydrogen (secondary N) is 1. The fourth-order valence-corrected chi connectivity index (χ4v) is 4.69. The van der Waals surface area contributed by atoms with Crippen molar-refractivity contribution in [3.05, 3.63) is 47.5 Å². The molecule has 1 saturated heterocycles. The molecule has 35 heavy (non-hydrogen) atoms. The van der Waals surface area contributed by atoms with Gasteiger partial charge in [-0.2, -0.15) is 0 Å². The van der Waals surface area contributed by atoms with Gasteiger partial charge in [0, 0.05) is 18.0 Å². The van der Waals surface area contributed by atoms with Gasteiger partial charge in [0.1, 0.15) is 0 Å². The highest BCUT2D eigenvalue weighted by molar-refractivity contribution is 6.14. The molecule has 2 aromatic carbocycles. The molecule has 4 rings (SSSR count). The van der Waals surface area contributed by atoms with Gasteiger partial charge in [-0.1, -0.05) is 19.1 Å². The monoisotopic (exact) mass is 479 g/mol. The summed E-state index contributed by atoms with van der Waals surface area (Å²) < 4.78 is 10.8. The highest BCUT2D eigenvalue weighted by Gasteiger charge is 2.24. The number of carbonyl (C=O) groups is 1. The number of piperidine rings is 1. The lowest BCUT2D eigenvalue weighted by Gasteiger charge is -2.29. The summed E-state index contributed by atoms with van der Waals surface area (Å²) in [5.41, 5.74) is 4.22. The Kier molecular flexibility index (Phi) is 7.60. The van der Waals surface area contributed by atoms with Crippen LogP contribution in [0.15, 0.2) is 41.4 Å². The average Bonchev–Trinajstić information content (AvgIpc) is 3.20. The molecule has 1 aliphatic heterocycles. The number of aromatic hydroxyl groups is 1. The van der Waals surface area contributed by atoms with E-state index in [1.165, 1.54) is 5.56 Å². The van der Waals surface area contributed by atoms with Crippen LogP contribution in [-0.4, -0.2) is 65.6 Å². The third-order valence-corrected chi connectivity index (χ3v) is 6.76. The van der Waals surface area contributed by atoms with Gasteiger partial charge in [-0.25, -0.2) is 0 Å². The van der Waals surface area contributed by atoms with Crippen molar-refractivity contribution in [3.63, 3.8) is 0 Å². The first-order valence-electron chi connectivity index (χ1n) is 12.0. The number of aliphatic imine (C=N–C) groups is 1. The van der Waals surface area contributed by atoms with Crippen molar-refractivity contribution in [1.82, 2.24) is 9.88 Å². The Bertz CT molecular complexity index is 1210. The van der Waals surface area contributed by atoms with E-state index in [4.69, 9.17) is 19.6 Å². The lowest BCUT2D eigenvalue weighted by Crippen LogP contribution is -2.37. The zero-order valence-corrected chi connectivity index (χ0v) is 20.5. The smallest absolute Gasteiger partial charge is 0.306 e. The van der Waals surface area contributed by atoms with Crippen LogP contribution in [0, 0.1) is 5.92 Å². The van der Waals surface area contributed by atoms with Crippen LogP contribution in [0.1, 0.15) is 37.3 Å². The number of hydrogen-bond donors (Lipinski definition) is 3. The minimum atomic E-state index is -0.674. The molecule has 0 saturated carbocycles. The van der Waals surface area contributed by atoms with Crippen LogP contribution in [0.3, 0.4) is 0 Å². The molecule has 0 amide bonds. The number of nitrogens with zero attached hydrogens (tertiary/aromatic N) is 2. The zero-order valence-electron chi connectivity index (χ0n) is 20.5. The Labute approximate surface area is 205 Å². The van der Waals surface area contributed by atoms with Gasteiger partial charge in [0.2, 0.25) is 0 Å². The topological polar surface area (TPSA) is 107 Å². The fraction of sp³-hybridized carbons (Fsp3) is 0.407. The van der Waals surface area contributed by atoms with Crippen molar-refractivity contribution in [2.75, 3.05) is 33.9 Å². The maximum absolute atomic E-state index is 11.1. The first-order valence-corrected chi connectivity index (χ1v) is 12.0. The molecule has 186 valence electrons. The van der Waals surface area contributed by atoms with Gasteiger partial charge in [0.15, 0.2) is 17.4 Å². The lowest BCUT2D eigenvalue weighted by molar-refractivity contribution is -0.143. The van der Waals surface area contributed by atoms with E-state index in [1.807, 2.05) is 31.2 Å². The molecule has 0 unspecified atom stereocenters. The van der Waals surface area contributed by atoms with E-state index < -0.39 is 5.97 Å². The van der Waals surface area contributed by atoms with Gasteiger partial charge >= 0.3 is 5.97 Å². The Morgan fingerprint density at radius 3 is 2.37 bits per heavy atom. The Morgan fingerprint density at radius 1 is 1.11 bits per heavy atom. The van der Waals surface area contributed by atoms with Gasteiger partial charge in [-0.15, -0.1) is 0 Å². The van der Waals surface area contributed by atoms with E-state index in [-0.39, 0.29) is 11.8 Å². The standard InChI is InChI=1S/C27H33N3O5/c1-4-21(25-20-15-23(34-2)24(35-3)16-22(20)29-26(25)31)28-19-7-5-17(6-8-19)9-12-30-13-10-18(11-14-30)27(32)33/h5-8,15-16,18,29,31H,4,9-14H2,1-3H3,(H,32,33). The van der Waals surface area contributed by atoms with Crippen molar-refractivity contribution < 1.29 is 24.5 Å². The number of fused-ring (bicyclic) bond motifs is 1. The first kappa shape index (κ1) is 24.6. The highest BCUT2D eigenvalue weighted by atomic mass is 16.5. The number of benzene rings is 2. The van der Waals surface area contributed by atoms with Crippen molar-refractivity contribution in [3.8, 4) is 17.4 Å². The molecule has 3 N–H and O–H groups in total. The number of likely N-dealkylation sites (tertiary alicyclic amines) is 1. The fourth-order valence-electron chi connectivity index (χ4n) is 4.69. The Balaban J connectivity index is 1.48. The van der Waals surface area contributed by atoms with Crippen molar-refractivity contribution in [2.45, 2.75) is 32.6 Å². The van der Waals surface area contributed by atoms with E-state index in [0.717, 1.165) is 61.2 Å². The summed E-state index contributed by atoms with van der Waals surface area (Å²) in [4.78, 5) is 21.3. The van der Waals surface area contributed by atoms with E-state index in [0.29, 0.717) is 23.5 Å². The summed E-state index contributed by atoms with van der Waals surface area (Å²) in [5, 5.41) is 20.6. The maximum Gasteiger partial charge on any atom is 0.306 e. The van der Waals surface area contributed by atoms with Crippen LogP contribution in [0.25, 0.3) is 10.9 Å². The van der Waals surface area contributed by atoms with E-state index in [9.17, 15) is 9.90 Å². The summed E-state index contributed by atoms with van der Waals surface area (Å²) in [6.45, 7) is 4.61. The van der Waals surface area contributed by atoms with Gasteiger partial charge in [-0.3, -0.25) is 9.79 Å². The molecule has 0 spiro atoms. The Morgan fingerprint density at radius 2 is 1.77 bits per heavy atom. The van der Waals surface area contributed by atoms with Gasteiger partial charge < -0.3 is 29.6 Å². The van der Waals surface area contributed by atoms with Crippen LogP contribution in [-0.2, 0) is 11.2 Å². The first-order chi connectivity index (χ1) is 16.9. The molecular weight excluding hydrogens is 446 g/mol. The minimum Gasteiger partial charge on any atom is -0.494 e. The molecule has 0 radical (unpaired) electrons. The molecule has 8 nitrogen and oxygen atoms in total. The second-order valence-electron chi connectivity index (χ2n) is 8.88. The molecule has 0 bridgehead atoms. The average molecular weight is 480 g/mol. The van der Waals surface area contributed by atoms with Gasteiger partial charge in [0.05, 0.1) is 42.6 Å². The third-order valence-electron chi connectivity index (χ3n) is 6.76. The Hall–Kier alpha value is -3.52. The van der Waals surface area contributed by atoms with Crippen LogP contribution in [0.4, 0.5) is 5.69 Å². The molecule has 8 heteroatoms. The number of H-pyrrole nitrogens is 1. The summed E-state index contributed by atoms with van der Waals surface area (Å²) >= 11 is 0. The number of ether oxygens (including phenoxy) is 2. The van der Waals surface area contributed by atoms with Gasteiger partial charge in [-0.05, 0) is 62.5 Å². The number of aromatic nitrogens is 1. The van der Waals surface area contributed by atoms with Crippen LogP contribution in [0.2, 0.25) is 0 Å². The van der Waals surface area contributed by atoms with Crippen LogP contribution >= 0.6 is 0 Å². The molecule has 3 aromatic rings.